The monoisotopic (exact) mass is 327 g/mol. The van der Waals surface area contributed by atoms with E-state index in [4.69, 9.17) is 4.42 Å². The lowest BCUT2D eigenvalue weighted by Crippen LogP contribution is -2.32. The SMILES string of the molecule is Cc1ccc(N2CC(C(=O)NCc3nc(C)c(C)o3)CC2=O)cc1. The topological polar surface area (TPSA) is 75.4 Å². The Labute approximate surface area is 140 Å². The van der Waals surface area contributed by atoms with Crippen LogP contribution in [0.5, 0.6) is 0 Å². The highest BCUT2D eigenvalue weighted by Crippen LogP contribution is 2.25. The van der Waals surface area contributed by atoms with Crippen LogP contribution >= 0.6 is 0 Å². The molecule has 0 saturated carbocycles. The second kappa shape index (κ2) is 6.47. The Hall–Kier alpha value is -2.63. The van der Waals surface area contributed by atoms with Crippen LogP contribution in [0.25, 0.3) is 0 Å². The fourth-order valence-corrected chi connectivity index (χ4v) is 2.78. The molecule has 6 nitrogen and oxygen atoms in total. The summed E-state index contributed by atoms with van der Waals surface area (Å²) >= 11 is 0. The van der Waals surface area contributed by atoms with Gasteiger partial charge in [-0.15, -0.1) is 0 Å². The summed E-state index contributed by atoms with van der Waals surface area (Å²) in [7, 11) is 0. The number of aryl methyl sites for hydroxylation is 3. The number of hydrogen-bond donors (Lipinski definition) is 1. The van der Waals surface area contributed by atoms with Crippen molar-refractivity contribution in [2.75, 3.05) is 11.4 Å². The van der Waals surface area contributed by atoms with Gasteiger partial charge in [-0.2, -0.15) is 0 Å². The molecule has 0 bridgehead atoms. The second-order valence-electron chi connectivity index (χ2n) is 6.21. The van der Waals surface area contributed by atoms with Crippen molar-refractivity contribution >= 4 is 17.5 Å². The van der Waals surface area contributed by atoms with Crippen LogP contribution in [0.1, 0.15) is 29.3 Å². The molecule has 3 rings (SSSR count). The molecule has 126 valence electrons. The first-order valence-electron chi connectivity index (χ1n) is 8.01. The molecule has 0 aliphatic carbocycles. The summed E-state index contributed by atoms with van der Waals surface area (Å²) in [6.45, 7) is 6.33. The van der Waals surface area contributed by atoms with Crippen LogP contribution < -0.4 is 10.2 Å². The van der Waals surface area contributed by atoms with E-state index < -0.39 is 0 Å². The summed E-state index contributed by atoms with van der Waals surface area (Å²) in [5.41, 5.74) is 2.79. The summed E-state index contributed by atoms with van der Waals surface area (Å²) in [5.74, 6) is 0.711. The minimum absolute atomic E-state index is 0.0261. The Bertz CT molecular complexity index is 745. The molecule has 2 aromatic rings. The molecule has 24 heavy (non-hydrogen) atoms. The maximum Gasteiger partial charge on any atom is 0.227 e. The Morgan fingerprint density at radius 1 is 1.29 bits per heavy atom. The second-order valence-corrected chi connectivity index (χ2v) is 6.21. The molecule has 1 aromatic carbocycles. The van der Waals surface area contributed by atoms with Crippen molar-refractivity contribution in [3.63, 3.8) is 0 Å². The van der Waals surface area contributed by atoms with Crippen LogP contribution in [0.4, 0.5) is 5.69 Å². The molecule has 1 saturated heterocycles. The number of nitrogens with zero attached hydrogens (tertiary/aromatic N) is 2. The highest BCUT2D eigenvalue weighted by molar-refractivity contribution is 6.00. The van der Waals surface area contributed by atoms with Gasteiger partial charge in [0.2, 0.25) is 17.7 Å². The third-order valence-corrected chi connectivity index (χ3v) is 4.33. The first-order valence-corrected chi connectivity index (χ1v) is 8.01. The number of aromatic nitrogens is 1. The van der Waals surface area contributed by atoms with E-state index in [0.717, 1.165) is 22.7 Å². The van der Waals surface area contributed by atoms with E-state index in [1.165, 1.54) is 0 Å². The third-order valence-electron chi connectivity index (χ3n) is 4.33. The molecule has 2 amide bonds. The summed E-state index contributed by atoms with van der Waals surface area (Å²) in [5, 5.41) is 2.81. The van der Waals surface area contributed by atoms with Crippen molar-refractivity contribution in [1.82, 2.24) is 10.3 Å². The van der Waals surface area contributed by atoms with E-state index in [-0.39, 0.29) is 30.7 Å². The zero-order chi connectivity index (χ0) is 17.3. The first-order chi connectivity index (χ1) is 11.4. The van der Waals surface area contributed by atoms with E-state index in [0.29, 0.717) is 12.4 Å². The molecule has 1 aliphatic rings. The van der Waals surface area contributed by atoms with Crippen molar-refractivity contribution in [2.24, 2.45) is 5.92 Å². The van der Waals surface area contributed by atoms with Gasteiger partial charge in [0.05, 0.1) is 18.2 Å². The van der Waals surface area contributed by atoms with E-state index in [1.54, 1.807) is 4.90 Å². The molecular weight excluding hydrogens is 306 g/mol. The maximum absolute atomic E-state index is 12.3. The van der Waals surface area contributed by atoms with Crippen molar-refractivity contribution in [3.05, 3.63) is 47.2 Å². The molecule has 1 aromatic heterocycles. The summed E-state index contributed by atoms with van der Waals surface area (Å²) in [4.78, 5) is 30.4. The van der Waals surface area contributed by atoms with Crippen molar-refractivity contribution in [1.29, 1.82) is 0 Å². The number of carbonyl (C=O) groups excluding carboxylic acids is 2. The Morgan fingerprint density at radius 2 is 2.00 bits per heavy atom. The number of anilines is 1. The molecule has 2 heterocycles. The predicted octanol–water partition coefficient (Wildman–Crippen LogP) is 2.27. The number of hydrogen-bond acceptors (Lipinski definition) is 4. The summed E-state index contributed by atoms with van der Waals surface area (Å²) in [6, 6.07) is 7.74. The molecule has 0 radical (unpaired) electrons. The number of nitrogens with one attached hydrogen (secondary N) is 1. The van der Waals surface area contributed by atoms with Gasteiger partial charge >= 0.3 is 0 Å². The number of amides is 2. The van der Waals surface area contributed by atoms with E-state index >= 15 is 0 Å². The zero-order valence-electron chi connectivity index (χ0n) is 14.1. The molecule has 1 atom stereocenters. The van der Waals surface area contributed by atoms with Gasteiger partial charge in [0.15, 0.2) is 0 Å². The molecule has 1 unspecified atom stereocenters. The molecule has 1 fully saturated rings. The number of carbonyl (C=O) groups is 2. The number of rotatable bonds is 4. The van der Waals surface area contributed by atoms with Crippen LogP contribution in [0, 0.1) is 26.7 Å². The highest BCUT2D eigenvalue weighted by Gasteiger charge is 2.35. The lowest BCUT2D eigenvalue weighted by Gasteiger charge is -2.16. The smallest absolute Gasteiger partial charge is 0.227 e. The lowest BCUT2D eigenvalue weighted by atomic mass is 10.1. The van der Waals surface area contributed by atoms with Crippen molar-refractivity contribution in [2.45, 2.75) is 33.7 Å². The average Bonchev–Trinajstić information content (AvgIpc) is 3.09. The van der Waals surface area contributed by atoms with Crippen molar-refractivity contribution in [3.8, 4) is 0 Å². The van der Waals surface area contributed by atoms with Gasteiger partial charge in [-0.25, -0.2) is 4.98 Å². The molecule has 1 aliphatic heterocycles. The number of oxazole rings is 1. The van der Waals surface area contributed by atoms with Crippen LogP contribution in [0.3, 0.4) is 0 Å². The summed E-state index contributed by atoms with van der Waals surface area (Å²) < 4.78 is 5.45. The highest BCUT2D eigenvalue weighted by atomic mass is 16.4. The average molecular weight is 327 g/mol. The van der Waals surface area contributed by atoms with E-state index in [2.05, 4.69) is 10.3 Å². The lowest BCUT2D eigenvalue weighted by molar-refractivity contribution is -0.126. The van der Waals surface area contributed by atoms with Crippen LogP contribution in [-0.4, -0.2) is 23.3 Å². The molecule has 1 N–H and O–H groups in total. The van der Waals surface area contributed by atoms with Gasteiger partial charge in [-0.05, 0) is 32.9 Å². The zero-order valence-corrected chi connectivity index (χ0v) is 14.1. The third kappa shape index (κ3) is 3.32. The Kier molecular flexibility index (Phi) is 4.38. The van der Waals surface area contributed by atoms with Crippen LogP contribution in [0.2, 0.25) is 0 Å². The molecule has 0 spiro atoms. The fraction of sp³-hybridized carbons (Fsp3) is 0.389. The minimum atomic E-state index is -0.351. The van der Waals surface area contributed by atoms with Gasteiger partial charge in [-0.3, -0.25) is 9.59 Å². The van der Waals surface area contributed by atoms with Gasteiger partial charge in [0.1, 0.15) is 5.76 Å². The fourth-order valence-electron chi connectivity index (χ4n) is 2.78. The largest absolute Gasteiger partial charge is 0.444 e. The van der Waals surface area contributed by atoms with E-state index in [9.17, 15) is 9.59 Å². The van der Waals surface area contributed by atoms with Gasteiger partial charge in [-0.1, -0.05) is 17.7 Å². The van der Waals surface area contributed by atoms with Crippen LogP contribution in [0.15, 0.2) is 28.7 Å². The maximum atomic E-state index is 12.3. The quantitative estimate of drug-likeness (QED) is 0.935. The van der Waals surface area contributed by atoms with Gasteiger partial charge in [0, 0.05) is 18.7 Å². The first kappa shape index (κ1) is 16.2. The summed E-state index contributed by atoms with van der Waals surface area (Å²) in [6.07, 6.45) is 0.226. The van der Waals surface area contributed by atoms with Gasteiger partial charge in [0.25, 0.3) is 0 Å². The van der Waals surface area contributed by atoms with Crippen LogP contribution in [-0.2, 0) is 16.1 Å². The number of benzene rings is 1. The minimum Gasteiger partial charge on any atom is -0.444 e. The molecule has 6 heteroatoms. The Morgan fingerprint density at radius 3 is 2.62 bits per heavy atom. The Balaban J connectivity index is 1.60. The normalized spacial score (nSPS) is 17.4. The van der Waals surface area contributed by atoms with Crippen molar-refractivity contribution < 1.29 is 14.0 Å². The van der Waals surface area contributed by atoms with Gasteiger partial charge < -0.3 is 14.6 Å². The standard InChI is InChI=1S/C18H21N3O3/c1-11-4-6-15(7-5-11)21-10-14(8-17(21)22)18(23)19-9-16-20-12(2)13(3)24-16/h4-7,14H,8-10H2,1-3H3,(H,19,23). The predicted molar refractivity (Wildman–Crippen MR) is 89.5 cm³/mol. The van der Waals surface area contributed by atoms with E-state index in [1.807, 2.05) is 45.0 Å². The molecular formula is C18H21N3O3.